The number of aromatic nitrogens is 4. The smallest absolute Gasteiger partial charge is 0.382 e. The summed E-state index contributed by atoms with van der Waals surface area (Å²) in [6, 6.07) is 10.1. The van der Waals surface area contributed by atoms with Crippen molar-refractivity contribution in [2.24, 2.45) is 0 Å². The molecule has 0 bridgehead atoms. The fourth-order valence-electron chi connectivity index (χ4n) is 2.82. The maximum Gasteiger partial charge on any atom is 2.00 e. The van der Waals surface area contributed by atoms with E-state index in [1.165, 1.54) is 5.56 Å². The molecule has 2 saturated carbocycles. The Hall–Kier alpha value is -2.35. The first-order chi connectivity index (χ1) is 14.3. The van der Waals surface area contributed by atoms with Crippen molar-refractivity contribution in [3.8, 4) is 11.8 Å². The molecular formula is C24H19FeN5+2. The minimum absolute atomic E-state index is 0. The van der Waals surface area contributed by atoms with Gasteiger partial charge in [-0.2, -0.15) is 0 Å². The van der Waals surface area contributed by atoms with E-state index >= 15 is 0 Å². The summed E-state index contributed by atoms with van der Waals surface area (Å²) in [7, 11) is 0. The van der Waals surface area contributed by atoms with E-state index in [2.05, 4.69) is 38.9 Å². The molecule has 2 aromatic heterocycles. The molecule has 0 spiro atoms. The molecular weight excluding hydrogens is 414 g/mol. The average Bonchev–Trinajstić information content (AvgIpc) is 3.52. The predicted molar refractivity (Wildman–Crippen MR) is 114 cm³/mol. The Morgan fingerprint density at radius 1 is 0.833 bits per heavy atom. The van der Waals surface area contributed by atoms with Crippen molar-refractivity contribution in [1.82, 2.24) is 19.5 Å². The summed E-state index contributed by atoms with van der Waals surface area (Å²) in [5.41, 5.74) is 8.48. The Morgan fingerprint density at radius 3 is 2.17 bits per heavy atom. The molecule has 0 aliphatic heterocycles. The van der Waals surface area contributed by atoms with Gasteiger partial charge in [-0.1, -0.05) is 36.3 Å². The van der Waals surface area contributed by atoms with E-state index < -0.39 is 0 Å². The topological polar surface area (TPSA) is 69.6 Å². The van der Waals surface area contributed by atoms with Crippen molar-refractivity contribution in [2.75, 3.05) is 5.73 Å². The zero-order valence-electron chi connectivity index (χ0n) is 16.1. The fourth-order valence-corrected chi connectivity index (χ4v) is 2.82. The number of anilines is 1. The molecule has 3 aromatic rings. The molecule has 146 valence electrons. The first-order valence-electron chi connectivity index (χ1n) is 9.22. The van der Waals surface area contributed by atoms with Gasteiger partial charge in [0, 0.05) is 0 Å². The number of hydrogen-bond acceptors (Lipinski definition) is 4. The van der Waals surface area contributed by atoms with Crippen molar-refractivity contribution in [1.29, 1.82) is 0 Å². The zero-order valence-corrected chi connectivity index (χ0v) is 17.2. The summed E-state index contributed by atoms with van der Waals surface area (Å²) in [6.45, 7) is 0.670. The van der Waals surface area contributed by atoms with Crippen molar-refractivity contribution < 1.29 is 17.1 Å². The Labute approximate surface area is 189 Å². The average molecular weight is 433 g/mol. The number of rotatable bonds is 2. The molecule has 0 atom stereocenters. The summed E-state index contributed by atoms with van der Waals surface area (Å²) in [4.78, 5) is 13.1. The van der Waals surface area contributed by atoms with Crippen molar-refractivity contribution in [3.05, 3.63) is 112 Å². The van der Waals surface area contributed by atoms with Crippen molar-refractivity contribution >= 4 is 17.0 Å². The van der Waals surface area contributed by atoms with Crippen LogP contribution in [0.4, 0.5) is 5.82 Å². The summed E-state index contributed by atoms with van der Waals surface area (Å²) in [5, 5.41) is 0. The van der Waals surface area contributed by atoms with E-state index in [0.717, 1.165) is 5.92 Å². The fraction of sp³-hybridized carbons (Fsp3) is 0.0417. The number of nitrogens with zero attached hydrogens (tertiary/aromatic N) is 4. The van der Waals surface area contributed by atoms with E-state index in [-0.39, 0.29) is 17.1 Å². The van der Waals surface area contributed by atoms with Gasteiger partial charge in [0.25, 0.3) is 0 Å². The van der Waals surface area contributed by atoms with Crippen LogP contribution in [0.15, 0.2) is 36.7 Å². The normalized spacial score (nSPS) is 15.7. The van der Waals surface area contributed by atoms with Crippen LogP contribution in [0.25, 0.3) is 11.2 Å². The van der Waals surface area contributed by atoms with E-state index in [4.69, 9.17) is 5.73 Å². The summed E-state index contributed by atoms with van der Waals surface area (Å²) in [5.74, 6) is 7.67. The van der Waals surface area contributed by atoms with Crippen LogP contribution >= 0.6 is 0 Å². The van der Waals surface area contributed by atoms with Crippen LogP contribution in [0.3, 0.4) is 0 Å². The van der Waals surface area contributed by atoms with Crippen LogP contribution in [0.2, 0.25) is 0 Å². The standard InChI is InChI=1S/C19H14N5.C5H5.Fe/c20-18-17-19(23-16(22-18)11-10-14-6-4-5-7-14)24(13-21-17)12-15-8-2-1-3-9-15;1-2-4-5-3-1;/h1-9,13H,12H2,(H2,20,22,23);1-5H;/q;;+2. The maximum atomic E-state index is 6.02. The largest absolute Gasteiger partial charge is 2.00 e. The van der Waals surface area contributed by atoms with Gasteiger partial charge < -0.3 is 10.3 Å². The molecule has 0 unspecified atom stereocenters. The molecule has 30 heavy (non-hydrogen) atoms. The minimum atomic E-state index is 0. The molecule has 2 N–H and O–H groups in total. The van der Waals surface area contributed by atoms with Crippen LogP contribution in [-0.4, -0.2) is 19.5 Å². The number of fused-ring (bicyclic) bond motifs is 1. The third-order valence-corrected chi connectivity index (χ3v) is 4.22. The van der Waals surface area contributed by atoms with Crippen LogP contribution in [0, 0.1) is 75.5 Å². The van der Waals surface area contributed by atoms with Gasteiger partial charge in [-0.25, -0.2) is 15.0 Å². The number of nitrogen functional groups attached to an aromatic ring is 1. The molecule has 2 fully saturated rings. The zero-order chi connectivity index (χ0) is 19.9. The second-order valence-electron chi connectivity index (χ2n) is 6.35. The molecule has 2 aliphatic carbocycles. The molecule has 0 amide bonds. The summed E-state index contributed by atoms with van der Waals surface area (Å²) >= 11 is 0. The monoisotopic (exact) mass is 433 g/mol. The van der Waals surface area contributed by atoms with Crippen LogP contribution in [0.5, 0.6) is 0 Å². The van der Waals surface area contributed by atoms with Crippen LogP contribution in [-0.2, 0) is 23.6 Å². The van der Waals surface area contributed by atoms with E-state index in [9.17, 15) is 0 Å². The Kier molecular flexibility index (Phi) is 8.30. The second kappa shape index (κ2) is 11.2. The summed E-state index contributed by atoms with van der Waals surface area (Å²) in [6.07, 6.45) is 19.5. The Balaban J connectivity index is 0.000000376. The van der Waals surface area contributed by atoms with Crippen molar-refractivity contribution in [2.45, 2.75) is 6.54 Å². The maximum absolute atomic E-state index is 6.02. The number of benzene rings is 1. The van der Waals surface area contributed by atoms with Gasteiger partial charge in [0.15, 0.2) is 11.5 Å². The van der Waals surface area contributed by atoms with E-state index in [0.29, 0.717) is 29.4 Å². The predicted octanol–water partition coefficient (Wildman–Crippen LogP) is 3.23. The molecule has 2 aliphatic rings. The van der Waals surface area contributed by atoms with Gasteiger partial charge >= 0.3 is 17.1 Å². The second-order valence-corrected chi connectivity index (χ2v) is 6.35. The molecule has 0 saturated heterocycles. The SMILES string of the molecule is Nc1nc(C#C[C]2[CH][CH][CH][CH]2)nc2c1ncn2Cc1ccccc1.[CH]1[CH][CH][CH][CH]1.[Fe+2]. The molecule has 5 rings (SSSR count). The van der Waals surface area contributed by atoms with Crippen LogP contribution in [0.1, 0.15) is 11.4 Å². The molecule has 10 radical (unpaired) electrons. The molecule has 1 aromatic carbocycles. The van der Waals surface area contributed by atoms with E-state index in [1.54, 1.807) is 6.33 Å². The molecule has 2 heterocycles. The van der Waals surface area contributed by atoms with Gasteiger partial charge in [0.2, 0.25) is 5.82 Å². The molecule has 5 nitrogen and oxygen atoms in total. The number of nitrogens with two attached hydrogens (primary N) is 1. The molecule has 6 heteroatoms. The first kappa shape index (κ1) is 22.3. The van der Waals surface area contributed by atoms with Gasteiger partial charge in [-0.15, -0.1) is 0 Å². The van der Waals surface area contributed by atoms with Crippen molar-refractivity contribution in [3.63, 3.8) is 0 Å². The van der Waals surface area contributed by atoms with Gasteiger partial charge in [-0.3, -0.25) is 0 Å². The van der Waals surface area contributed by atoms with Gasteiger partial charge in [0.05, 0.1) is 18.8 Å². The van der Waals surface area contributed by atoms with Gasteiger partial charge in [0.1, 0.15) is 5.52 Å². The van der Waals surface area contributed by atoms with E-state index in [1.807, 2.05) is 80.6 Å². The summed E-state index contributed by atoms with van der Waals surface area (Å²) < 4.78 is 1.95. The van der Waals surface area contributed by atoms with Crippen LogP contribution < -0.4 is 5.73 Å². The third kappa shape index (κ3) is 5.84. The Bertz CT molecular complexity index is 985. The number of imidazole rings is 1. The Morgan fingerprint density at radius 2 is 1.50 bits per heavy atom. The quantitative estimate of drug-likeness (QED) is 0.498. The minimum Gasteiger partial charge on any atom is -0.382 e. The first-order valence-corrected chi connectivity index (χ1v) is 9.22. The number of hydrogen-bond donors (Lipinski definition) is 1. The van der Waals surface area contributed by atoms with Gasteiger partial charge in [-0.05, 0) is 69.3 Å². The third-order valence-electron chi connectivity index (χ3n) is 4.22.